The van der Waals surface area contributed by atoms with Gasteiger partial charge in [-0.05, 0) is 49.1 Å². The first-order valence-corrected chi connectivity index (χ1v) is 13.3. The number of nitrogens with zero attached hydrogens (tertiary/aromatic N) is 3. The summed E-state index contributed by atoms with van der Waals surface area (Å²) in [4.78, 5) is 17.0. The predicted molar refractivity (Wildman–Crippen MR) is 130 cm³/mol. The molecule has 2 aromatic carbocycles. The molecule has 1 unspecified atom stereocenters. The van der Waals surface area contributed by atoms with Crippen LogP contribution >= 0.6 is 11.6 Å². The molecule has 2 aliphatic rings. The average molecular weight is 491 g/mol. The molecule has 33 heavy (non-hydrogen) atoms. The predicted octanol–water partition coefficient (Wildman–Crippen LogP) is 3.27. The number of rotatable bonds is 6. The Balaban J connectivity index is 1.23. The number of carbonyl (C=O) groups excluding carboxylic acids is 1. The van der Waals surface area contributed by atoms with Crippen molar-refractivity contribution in [2.24, 2.45) is 5.92 Å². The van der Waals surface area contributed by atoms with Gasteiger partial charge in [-0.25, -0.2) is 13.2 Å². The van der Waals surface area contributed by atoms with Crippen LogP contribution in [-0.4, -0.2) is 74.4 Å². The largest absolute Gasteiger partial charge is 0.338 e. The standard InChI is InChI=1S/C24H31ClN4O3S/c25-22-9-4-10-23(16-22)33(31,32)29-14-12-28(13-15-29)24(30)26-17-21-8-5-11-27(19-21)18-20-6-2-1-3-7-20/h1-4,6-7,9-10,16,21H,5,8,11-15,17-19H2,(H,26,30). The Hall–Kier alpha value is -2.13. The minimum atomic E-state index is -3.61. The Bertz CT molecular complexity index is 1040. The molecule has 2 heterocycles. The fourth-order valence-electron chi connectivity index (χ4n) is 4.55. The molecule has 9 heteroatoms. The van der Waals surface area contributed by atoms with Crippen LogP contribution in [0.5, 0.6) is 0 Å². The van der Waals surface area contributed by atoms with Crippen molar-refractivity contribution in [3.63, 3.8) is 0 Å². The van der Waals surface area contributed by atoms with E-state index in [1.807, 2.05) is 6.07 Å². The molecule has 1 N–H and O–H groups in total. The van der Waals surface area contributed by atoms with Gasteiger partial charge in [0.1, 0.15) is 0 Å². The highest BCUT2D eigenvalue weighted by Crippen LogP contribution is 2.21. The quantitative estimate of drug-likeness (QED) is 0.674. The Kier molecular flexibility index (Phi) is 7.90. The van der Waals surface area contributed by atoms with Crippen molar-refractivity contribution in [2.75, 3.05) is 45.8 Å². The molecule has 0 bridgehead atoms. The fourth-order valence-corrected chi connectivity index (χ4v) is 6.28. The van der Waals surface area contributed by atoms with Crippen LogP contribution in [0.25, 0.3) is 0 Å². The lowest BCUT2D eigenvalue weighted by Crippen LogP contribution is -2.54. The van der Waals surface area contributed by atoms with Gasteiger partial charge in [0.05, 0.1) is 4.90 Å². The number of sulfonamides is 1. The maximum atomic E-state index is 12.9. The average Bonchev–Trinajstić information content (AvgIpc) is 2.83. The molecule has 2 fully saturated rings. The van der Waals surface area contributed by atoms with Gasteiger partial charge in [-0.3, -0.25) is 4.90 Å². The number of likely N-dealkylation sites (tertiary alicyclic amines) is 1. The Morgan fingerprint density at radius 2 is 1.76 bits per heavy atom. The number of carbonyl (C=O) groups is 1. The summed E-state index contributed by atoms with van der Waals surface area (Å²) >= 11 is 5.96. The normalized spacial score (nSPS) is 20.5. The van der Waals surface area contributed by atoms with E-state index in [-0.39, 0.29) is 24.0 Å². The van der Waals surface area contributed by atoms with Gasteiger partial charge in [0.2, 0.25) is 10.0 Å². The zero-order chi connectivity index (χ0) is 23.3. The van der Waals surface area contributed by atoms with Gasteiger partial charge in [0.15, 0.2) is 0 Å². The minimum Gasteiger partial charge on any atom is -0.338 e. The summed E-state index contributed by atoms with van der Waals surface area (Å²) in [5.74, 6) is 0.427. The van der Waals surface area contributed by atoms with Gasteiger partial charge in [-0.1, -0.05) is 48.0 Å². The highest BCUT2D eigenvalue weighted by molar-refractivity contribution is 7.89. The van der Waals surface area contributed by atoms with E-state index in [2.05, 4.69) is 34.5 Å². The number of urea groups is 1. The molecule has 0 aliphatic carbocycles. The van der Waals surface area contributed by atoms with E-state index >= 15 is 0 Å². The third-order valence-corrected chi connectivity index (χ3v) is 8.48. The summed E-state index contributed by atoms with van der Waals surface area (Å²) in [6.45, 7) is 4.93. The lowest BCUT2D eigenvalue weighted by Gasteiger charge is -2.35. The number of amides is 2. The van der Waals surface area contributed by atoms with E-state index in [0.29, 0.717) is 30.6 Å². The Morgan fingerprint density at radius 3 is 2.48 bits per heavy atom. The van der Waals surface area contributed by atoms with Crippen LogP contribution in [0.1, 0.15) is 18.4 Å². The second-order valence-electron chi connectivity index (χ2n) is 8.76. The maximum absolute atomic E-state index is 12.9. The number of piperidine rings is 1. The summed E-state index contributed by atoms with van der Waals surface area (Å²) in [6, 6.07) is 16.6. The summed E-state index contributed by atoms with van der Waals surface area (Å²) in [5, 5.41) is 3.46. The smallest absolute Gasteiger partial charge is 0.317 e. The van der Waals surface area contributed by atoms with Crippen molar-refractivity contribution < 1.29 is 13.2 Å². The van der Waals surface area contributed by atoms with Gasteiger partial charge >= 0.3 is 6.03 Å². The van der Waals surface area contributed by atoms with Crippen LogP contribution in [0.2, 0.25) is 5.02 Å². The SMILES string of the molecule is O=C(NCC1CCCN(Cc2ccccc2)C1)N1CCN(S(=O)(=O)c2cccc(Cl)c2)CC1. The zero-order valence-electron chi connectivity index (χ0n) is 18.7. The second-order valence-corrected chi connectivity index (χ2v) is 11.1. The van der Waals surface area contributed by atoms with E-state index in [1.54, 1.807) is 23.1 Å². The monoisotopic (exact) mass is 490 g/mol. The summed E-state index contributed by atoms with van der Waals surface area (Å²) < 4.78 is 27.1. The maximum Gasteiger partial charge on any atom is 0.317 e. The van der Waals surface area contributed by atoms with E-state index in [4.69, 9.17) is 11.6 Å². The molecular formula is C24H31ClN4O3S. The number of nitrogens with one attached hydrogen (secondary N) is 1. The summed E-state index contributed by atoms with van der Waals surface area (Å²) in [5.41, 5.74) is 1.31. The van der Waals surface area contributed by atoms with Crippen LogP contribution in [-0.2, 0) is 16.6 Å². The van der Waals surface area contributed by atoms with E-state index in [9.17, 15) is 13.2 Å². The first-order valence-electron chi connectivity index (χ1n) is 11.5. The minimum absolute atomic E-state index is 0.116. The van der Waals surface area contributed by atoms with Crippen molar-refractivity contribution in [3.05, 3.63) is 65.2 Å². The van der Waals surface area contributed by atoms with Gasteiger partial charge in [0.25, 0.3) is 0 Å². The topological polar surface area (TPSA) is 73.0 Å². The number of hydrogen-bond donors (Lipinski definition) is 1. The highest BCUT2D eigenvalue weighted by atomic mass is 35.5. The summed E-state index contributed by atoms with van der Waals surface area (Å²) in [7, 11) is -3.61. The van der Waals surface area contributed by atoms with Crippen molar-refractivity contribution >= 4 is 27.7 Å². The van der Waals surface area contributed by atoms with Crippen molar-refractivity contribution in [3.8, 4) is 0 Å². The van der Waals surface area contributed by atoms with Crippen LogP contribution in [0.4, 0.5) is 4.79 Å². The van der Waals surface area contributed by atoms with Crippen LogP contribution in [0, 0.1) is 5.92 Å². The Labute approximate surface area is 201 Å². The van der Waals surface area contributed by atoms with Crippen LogP contribution < -0.4 is 5.32 Å². The number of benzene rings is 2. The molecular weight excluding hydrogens is 460 g/mol. The Morgan fingerprint density at radius 1 is 1.00 bits per heavy atom. The fraction of sp³-hybridized carbons (Fsp3) is 0.458. The third kappa shape index (κ3) is 6.26. The molecule has 2 aliphatic heterocycles. The van der Waals surface area contributed by atoms with Crippen LogP contribution in [0.15, 0.2) is 59.5 Å². The first-order chi connectivity index (χ1) is 15.9. The number of halogens is 1. The molecule has 0 saturated carbocycles. The number of hydrogen-bond acceptors (Lipinski definition) is 4. The number of piperazine rings is 1. The van der Waals surface area contributed by atoms with Gasteiger partial charge in [-0.2, -0.15) is 4.31 Å². The van der Waals surface area contributed by atoms with Crippen molar-refractivity contribution in [2.45, 2.75) is 24.3 Å². The molecule has 1 atom stereocenters. The second kappa shape index (κ2) is 10.9. The molecule has 0 radical (unpaired) electrons. The molecule has 7 nitrogen and oxygen atoms in total. The molecule has 4 rings (SSSR count). The van der Waals surface area contributed by atoms with E-state index < -0.39 is 10.0 Å². The lowest BCUT2D eigenvalue weighted by molar-refractivity contribution is 0.152. The molecule has 178 valence electrons. The van der Waals surface area contributed by atoms with Crippen molar-refractivity contribution in [1.82, 2.24) is 19.4 Å². The van der Waals surface area contributed by atoms with E-state index in [1.165, 1.54) is 15.9 Å². The molecule has 0 aromatic heterocycles. The molecule has 0 spiro atoms. The lowest BCUT2D eigenvalue weighted by atomic mass is 9.97. The van der Waals surface area contributed by atoms with Gasteiger partial charge < -0.3 is 10.2 Å². The van der Waals surface area contributed by atoms with Gasteiger partial charge in [0, 0.05) is 50.8 Å². The van der Waals surface area contributed by atoms with Crippen LogP contribution in [0.3, 0.4) is 0 Å². The summed E-state index contributed by atoms with van der Waals surface area (Å²) in [6.07, 6.45) is 2.24. The molecule has 2 amide bonds. The van der Waals surface area contributed by atoms with Crippen molar-refractivity contribution in [1.29, 1.82) is 0 Å². The third-order valence-electron chi connectivity index (χ3n) is 6.35. The first kappa shape index (κ1) is 24.0. The molecule has 2 aromatic rings. The zero-order valence-corrected chi connectivity index (χ0v) is 20.3. The molecule has 2 saturated heterocycles. The van der Waals surface area contributed by atoms with Gasteiger partial charge in [-0.15, -0.1) is 0 Å². The van der Waals surface area contributed by atoms with E-state index in [0.717, 1.165) is 32.5 Å². The highest BCUT2D eigenvalue weighted by Gasteiger charge is 2.30.